The molecule has 31 heavy (non-hydrogen) atoms. The summed E-state index contributed by atoms with van der Waals surface area (Å²) in [5.41, 5.74) is -2.82. The molecule has 0 aromatic rings. The van der Waals surface area contributed by atoms with E-state index in [0.717, 1.165) is 12.7 Å². The number of aldehydes is 1. The Labute approximate surface area is 182 Å². The van der Waals surface area contributed by atoms with E-state index < -0.39 is 51.9 Å². The number of carbonyl (C=O) groups is 3. The van der Waals surface area contributed by atoms with Crippen LogP contribution in [0.15, 0.2) is 0 Å². The number of ether oxygens (including phenoxy) is 3. The summed E-state index contributed by atoms with van der Waals surface area (Å²) in [4.78, 5) is 40.0. The molecule has 0 radical (unpaired) electrons. The van der Waals surface area contributed by atoms with Crippen LogP contribution in [0, 0.1) is 45.8 Å². The third-order valence-electron chi connectivity index (χ3n) is 9.98. The lowest BCUT2D eigenvalue weighted by molar-refractivity contribution is -0.524. The smallest absolute Gasteiger partial charge is 0.213 e. The van der Waals surface area contributed by atoms with E-state index in [-0.39, 0.29) is 35.9 Å². The van der Waals surface area contributed by atoms with Crippen molar-refractivity contribution < 1.29 is 33.7 Å². The van der Waals surface area contributed by atoms with Gasteiger partial charge in [0.15, 0.2) is 17.4 Å². The number of Topliss-reactive ketones (excluding diaryl/α,β-unsaturated/α-hetero) is 2. The molecule has 0 amide bonds. The van der Waals surface area contributed by atoms with Gasteiger partial charge in [-0.05, 0) is 50.4 Å². The van der Waals surface area contributed by atoms with Gasteiger partial charge in [-0.15, -0.1) is 0 Å². The fourth-order valence-electron chi connectivity index (χ4n) is 9.34. The Kier molecular flexibility index (Phi) is 3.62. The van der Waals surface area contributed by atoms with Crippen LogP contribution < -0.4 is 0 Å². The first-order valence-corrected chi connectivity index (χ1v) is 11.6. The van der Waals surface area contributed by atoms with Crippen molar-refractivity contribution in [2.75, 3.05) is 6.61 Å². The molecule has 7 aliphatic rings. The Bertz CT molecular complexity index is 910. The molecule has 3 heterocycles. The lowest BCUT2D eigenvalue weighted by atomic mass is 9.35. The average molecular weight is 433 g/mol. The number of fused-ring (bicyclic) bond motifs is 1. The molecular formula is C24H32O7. The second kappa shape index (κ2) is 5.49. The number of hydrogen-bond donors (Lipinski definition) is 1. The Morgan fingerprint density at radius 1 is 1.10 bits per heavy atom. The van der Waals surface area contributed by atoms with Crippen LogP contribution in [-0.4, -0.2) is 53.3 Å². The maximum absolute atomic E-state index is 14.1. The first-order chi connectivity index (χ1) is 14.4. The Balaban J connectivity index is 1.67. The number of ketones is 2. The number of aliphatic hydroxyl groups is 1. The average Bonchev–Trinajstić information content (AvgIpc) is 2.80. The van der Waals surface area contributed by atoms with Crippen molar-refractivity contribution in [3.63, 3.8) is 0 Å². The van der Waals surface area contributed by atoms with Gasteiger partial charge in [-0.3, -0.25) is 9.59 Å². The van der Waals surface area contributed by atoms with Crippen LogP contribution in [-0.2, 0) is 28.6 Å². The standard InChI is InChI=1S/C24H32O7/c1-11-13-6-7-14-22-10-29-24(23(14,16(11)26)19(13)30-21(4,5)31-24)18(28)15(22)20(2,3)8-12(9-25)17(22)27/h9,11-15,18-19,28H,6-8,10H2,1-5H3. The van der Waals surface area contributed by atoms with Gasteiger partial charge in [0, 0.05) is 11.8 Å². The first-order valence-electron chi connectivity index (χ1n) is 11.6. The summed E-state index contributed by atoms with van der Waals surface area (Å²) in [5.74, 6) is -4.60. The highest BCUT2D eigenvalue weighted by Crippen LogP contribution is 2.79. The SMILES string of the molecule is CC1C(=O)C23C4OC(C)(C)OC25OCC2(C(=O)C(C=O)CC(C)(C)C2C5O)C3CCC14. The largest absolute Gasteiger partial charge is 0.387 e. The van der Waals surface area contributed by atoms with Gasteiger partial charge >= 0.3 is 0 Å². The zero-order valence-electron chi connectivity index (χ0n) is 18.8. The monoisotopic (exact) mass is 432 g/mol. The van der Waals surface area contributed by atoms with Crippen molar-refractivity contribution in [1.29, 1.82) is 0 Å². The fraction of sp³-hybridized carbons (Fsp3) is 0.875. The molecule has 7 nitrogen and oxygen atoms in total. The molecule has 1 N–H and O–H groups in total. The maximum atomic E-state index is 14.1. The van der Waals surface area contributed by atoms with Gasteiger partial charge < -0.3 is 24.1 Å². The third kappa shape index (κ3) is 1.86. The molecule has 3 saturated heterocycles. The van der Waals surface area contributed by atoms with Crippen LogP contribution in [0.3, 0.4) is 0 Å². The Morgan fingerprint density at radius 2 is 1.81 bits per heavy atom. The number of hydrogen-bond acceptors (Lipinski definition) is 7. The van der Waals surface area contributed by atoms with Gasteiger partial charge in [0.05, 0.1) is 24.0 Å². The normalized spacial score (nSPS) is 57.9. The molecule has 10 atom stereocenters. The quantitative estimate of drug-likeness (QED) is 0.499. The minimum atomic E-state index is -1.54. The molecule has 4 aliphatic carbocycles. The Hall–Kier alpha value is -1.15. The summed E-state index contributed by atoms with van der Waals surface area (Å²) < 4.78 is 19.3. The summed E-state index contributed by atoms with van der Waals surface area (Å²) in [6.45, 7) is 9.64. The second-order valence-corrected chi connectivity index (χ2v) is 12.1. The summed E-state index contributed by atoms with van der Waals surface area (Å²) in [6.07, 6.45) is 0.937. The van der Waals surface area contributed by atoms with Crippen LogP contribution >= 0.6 is 0 Å². The molecule has 7 fully saturated rings. The van der Waals surface area contributed by atoms with Gasteiger partial charge in [0.25, 0.3) is 0 Å². The van der Waals surface area contributed by atoms with Gasteiger partial charge in [0.2, 0.25) is 5.79 Å². The van der Waals surface area contributed by atoms with E-state index in [0.29, 0.717) is 12.8 Å². The summed E-state index contributed by atoms with van der Waals surface area (Å²) in [6, 6.07) is 0. The molecule has 10 unspecified atom stereocenters. The van der Waals surface area contributed by atoms with E-state index in [1.165, 1.54) is 0 Å². The maximum Gasteiger partial charge on any atom is 0.213 e. The van der Waals surface area contributed by atoms with E-state index in [1.807, 2.05) is 20.8 Å². The van der Waals surface area contributed by atoms with Gasteiger partial charge in [-0.1, -0.05) is 20.8 Å². The molecule has 7 rings (SSSR count). The molecule has 3 spiro atoms. The predicted molar refractivity (Wildman–Crippen MR) is 106 cm³/mol. The highest BCUT2D eigenvalue weighted by molar-refractivity contribution is 6.01. The van der Waals surface area contributed by atoms with E-state index in [2.05, 4.69) is 0 Å². The highest BCUT2D eigenvalue weighted by Gasteiger charge is 2.90. The van der Waals surface area contributed by atoms with Gasteiger partial charge in [-0.25, -0.2) is 0 Å². The topological polar surface area (TPSA) is 99.1 Å². The van der Waals surface area contributed by atoms with Crippen LogP contribution in [0.25, 0.3) is 0 Å². The molecule has 3 aliphatic heterocycles. The second-order valence-electron chi connectivity index (χ2n) is 12.1. The number of rotatable bonds is 1. The van der Waals surface area contributed by atoms with Gasteiger partial charge in [-0.2, -0.15) is 0 Å². The van der Waals surface area contributed by atoms with Crippen molar-refractivity contribution in [2.24, 2.45) is 45.8 Å². The lowest BCUT2D eigenvalue weighted by Crippen LogP contribution is -2.88. The number of aliphatic hydroxyl groups excluding tert-OH is 1. The van der Waals surface area contributed by atoms with Crippen molar-refractivity contribution >= 4 is 17.9 Å². The Morgan fingerprint density at radius 3 is 2.48 bits per heavy atom. The highest BCUT2D eigenvalue weighted by atomic mass is 16.8. The van der Waals surface area contributed by atoms with Crippen LogP contribution in [0.1, 0.15) is 53.9 Å². The zero-order valence-corrected chi connectivity index (χ0v) is 18.8. The minimum Gasteiger partial charge on any atom is -0.387 e. The van der Waals surface area contributed by atoms with E-state index in [1.54, 1.807) is 13.8 Å². The number of carbonyl (C=O) groups excluding carboxylic acids is 3. The van der Waals surface area contributed by atoms with Crippen molar-refractivity contribution in [3.05, 3.63) is 0 Å². The molecular weight excluding hydrogens is 400 g/mol. The van der Waals surface area contributed by atoms with Crippen LogP contribution in [0.5, 0.6) is 0 Å². The lowest BCUT2D eigenvalue weighted by Gasteiger charge is -2.76. The molecule has 170 valence electrons. The first kappa shape index (κ1) is 20.5. The van der Waals surface area contributed by atoms with Crippen molar-refractivity contribution in [1.82, 2.24) is 0 Å². The predicted octanol–water partition coefficient (Wildman–Crippen LogP) is 1.89. The van der Waals surface area contributed by atoms with E-state index in [4.69, 9.17) is 14.2 Å². The van der Waals surface area contributed by atoms with E-state index >= 15 is 0 Å². The zero-order chi connectivity index (χ0) is 22.4. The van der Waals surface area contributed by atoms with Crippen LogP contribution in [0.2, 0.25) is 0 Å². The van der Waals surface area contributed by atoms with Gasteiger partial charge in [0.1, 0.15) is 17.8 Å². The molecule has 4 saturated carbocycles. The molecule has 4 bridgehead atoms. The van der Waals surface area contributed by atoms with Crippen molar-refractivity contribution in [2.45, 2.75) is 77.7 Å². The summed E-state index contributed by atoms with van der Waals surface area (Å²) in [5, 5.41) is 12.0. The summed E-state index contributed by atoms with van der Waals surface area (Å²) >= 11 is 0. The summed E-state index contributed by atoms with van der Waals surface area (Å²) in [7, 11) is 0. The van der Waals surface area contributed by atoms with Crippen molar-refractivity contribution in [3.8, 4) is 0 Å². The molecule has 7 heteroatoms. The molecule has 0 aromatic heterocycles. The fourth-order valence-corrected chi connectivity index (χ4v) is 9.34. The minimum absolute atomic E-state index is 0.00220. The third-order valence-corrected chi connectivity index (χ3v) is 9.98. The van der Waals surface area contributed by atoms with E-state index in [9.17, 15) is 19.5 Å². The molecule has 0 aromatic carbocycles. The van der Waals surface area contributed by atoms with Crippen LogP contribution in [0.4, 0.5) is 0 Å².